The van der Waals surface area contributed by atoms with Gasteiger partial charge in [-0.25, -0.2) is 0 Å². The third-order valence-electron chi connectivity index (χ3n) is 13.8. The summed E-state index contributed by atoms with van der Waals surface area (Å²) in [4.78, 5) is 13.9. The van der Waals surface area contributed by atoms with Crippen LogP contribution in [-0.4, -0.2) is 30.8 Å². The molecule has 5 aliphatic rings. The van der Waals surface area contributed by atoms with E-state index < -0.39 is 0 Å². The fraction of sp³-hybridized carbons (Fsp3) is 0.800. The highest BCUT2D eigenvalue weighted by Gasteiger charge is 2.66. The number of aliphatic hydroxyl groups is 1. The molecule has 5 fully saturated rings. The fourth-order valence-corrected chi connectivity index (χ4v) is 11.9. The van der Waals surface area contributed by atoms with Crippen LogP contribution in [0, 0.1) is 51.2 Å². The number of methoxy groups -OCH3 is 1. The molecule has 0 spiro atoms. The first kappa shape index (κ1) is 27.6. The van der Waals surface area contributed by atoms with Gasteiger partial charge < -0.3 is 15.2 Å². The van der Waals surface area contributed by atoms with Crippen molar-refractivity contribution in [1.29, 1.82) is 0 Å². The normalized spacial score (nSPS) is 44.4. The van der Waals surface area contributed by atoms with Gasteiger partial charge in [-0.2, -0.15) is 0 Å². The summed E-state index contributed by atoms with van der Waals surface area (Å²) < 4.78 is 5.29. The van der Waals surface area contributed by atoms with Crippen molar-refractivity contribution in [2.75, 3.05) is 13.7 Å². The van der Waals surface area contributed by atoms with Crippen LogP contribution in [0.1, 0.15) is 104 Å². The lowest BCUT2D eigenvalue weighted by Gasteiger charge is -2.69. The Hall–Kier alpha value is -1.55. The highest BCUT2D eigenvalue weighted by atomic mass is 16.5. The molecule has 0 heterocycles. The number of nitrogens with one attached hydrogen (secondary N) is 1. The van der Waals surface area contributed by atoms with Gasteiger partial charge in [-0.1, -0.05) is 46.2 Å². The number of rotatable bonds is 5. The maximum Gasteiger partial charge on any atom is 0.226 e. The molecule has 0 saturated heterocycles. The van der Waals surface area contributed by atoms with Crippen molar-refractivity contribution in [3.8, 4) is 5.75 Å². The predicted octanol–water partition coefficient (Wildman–Crippen LogP) is 7.18. The molecule has 0 radical (unpaired) electrons. The van der Waals surface area contributed by atoms with Gasteiger partial charge in [0.15, 0.2) is 0 Å². The topological polar surface area (TPSA) is 58.6 Å². The lowest BCUT2D eigenvalue weighted by atomic mass is 9.36. The number of hydrogen-bond donors (Lipinski definition) is 2. The number of aliphatic hydroxyl groups excluding tert-OH is 1. The van der Waals surface area contributed by atoms with Crippen molar-refractivity contribution in [2.45, 2.75) is 111 Å². The molecule has 0 bridgehead atoms. The van der Waals surface area contributed by atoms with Crippen molar-refractivity contribution < 1.29 is 14.6 Å². The lowest BCUT2D eigenvalue weighted by Crippen LogP contribution is -2.63. The van der Waals surface area contributed by atoms with E-state index in [-0.39, 0.29) is 16.9 Å². The van der Waals surface area contributed by atoms with Crippen LogP contribution in [-0.2, 0) is 11.2 Å². The van der Waals surface area contributed by atoms with Crippen molar-refractivity contribution in [3.05, 3.63) is 29.8 Å². The quantitative estimate of drug-likeness (QED) is 0.420. The predicted molar refractivity (Wildman–Crippen MR) is 156 cm³/mol. The zero-order valence-corrected chi connectivity index (χ0v) is 25.2. The second kappa shape index (κ2) is 9.78. The van der Waals surface area contributed by atoms with E-state index in [0.29, 0.717) is 34.5 Å². The summed E-state index contributed by atoms with van der Waals surface area (Å²) in [5.41, 5.74) is 1.84. The Kier molecular flexibility index (Phi) is 6.92. The Labute approximate surface area is 237 Å². The van der Waals surface area contributed by atoms with E-state index in [0.717, 1.165) is 49.8 Å². The van der Waals surface area contributed by atoms with Gasteiger partial charge in [0.1, 0.15) is 5.75 Å². The SMILES string of the molecule is COc1ccc(CCNC(=O)C23CCCC2C2CCC4C(C)(CCC5C(C)(C)C(O)CCC54C)C2CC3)cc1. The van der Waals surface area contributed by atoms with Crippen LogP contribution in [0.2, 0.25) is 0 Å². The molecule has 39 heavy (non-hydrogen) atoms. The van der Waals surface area contributed by atoms with Crippen LogP contribution in [0.3, 0.4) is 0 Å². The molecule has 9 atom stereocenters. The first-order valence-electron chi connectivity index (χ1n) is 16.2. The van der Waals surface area contributed by atoms with Gasteiger partial charge in [0.2, 0.25) is 5.91 Å². The van der Waals surface area contributed by atoms with Crippen molar-refractivity contribution in [3.63, 3.8) is 0 Å². The minimum atomic E-state index is -0.159. The molecule has 0 aliphatic heterocycles. The van der Waals surface area contributed by atoms with Crippen LogP contribution < -0.4 is 10.1 Å². The van der Waals surface area contributed by atoms with Crippen LogP contribution in [0.25, 0.3) is 0 Å². The molecule has 4 nitrogen and oxygen atoms in total. The van der Waals surface area contributed by atoms with Gasteiger partial charge in [-0.15, -0.1) is 0 Å². The van der Waals surface area contributed by atoms with E-state index in [1.807, 2.05) is 12.1 Å². The number of carbonyl (C=O) groups is 1. The Morgan fingerprint density at radius 2 is 1.62 bits per heavy atom. The fourth-order valence-electron chi connectivity index (χ4n) is 11.9. The standard InChI is InChI=1S/C35H53NO3/c1-32(2)28-15-19-33(3)26-14-21-35(31(38)36-22-17-23-8-10-24(39-5)11-9-23)18-6-7-27(35)25(26)12-13-29(33)34(28,4)20-16-30(32)37/h8-11,25-30,37H,6-7,12-22H2,1-5H3,(H,36,38). The zero-order chi connectivity index (χ0) is 27.6. The smallest absolute Gasteiger partial charge is 0.226 e. The van der Waals surface area contributed by atoms with E-state index in [1.165, 1.54) is 56.9 Å². The molecule has 216 valence electrons. The molecule has 5 saturated carbocycles. The third-order valence-corrected chi connectivity index (χ3v) is 13.8. The first-order valence-corrected chi connectivity index (χ1v) is 16.2. The van der Waals surface area contributed by atoms with E-state index in [1.54, 1.807) is 7.11 Å². The van der Waals surface area contributed by atoms with Crippen LogP contribution >= 0.6 is 0 Å². The Morgan fingerprint density at radius 3 is 2.36 bits per heavy atom. The molecule has 2 N–H and O–H groups in total. The summed E-state index contributed by atoms with van der Waals surface area (Å²) in [6.45, 7) is 10.7. The second-order valence-corrected chi connectivity index (χ2v) is 15.4. The molecular weight excluding hydrogens is 482 g/mol. The van der Waals surface area contributed by atoms with Gasteiger partial charge in [-0.05, 0) is 134 Å². The van der Waals surface area contributed by atoms with E-state index in [2.05, 4.69) is 45.1 Å². The Balaban J connectivity index is 1.17. The van der Waals surface area contributed by atoms with Crippen molar-refractivity contribution >= 4 is 5.91 Å². The van der Waals surface area contributed by atoms with Crippen molar-refractivity contribution in [1.82, 2.24) is 5.32 Å². The Bertz CT molecular complexity index is 1070. The van der Waals surface area contributed by atoms with Gasteiger partial charge in [0.25, 0.3) is 0 Å². The average Bonchev–Trinajstić information content (AvgIpc) is 3.37. The highest BCUT2D eigenvalue weighted by Crippen LogP contribution is 2.72. The van der Waals surface area contributed by atoms with Gasteiger partial charge in [0, 0.05) is 6.54 Å². The highest BCUT2D eigenvalue weighted by molar-refractivity contribution is 5.83. The number of fused-ring (bicyclic) bond motifs is 7. The van der Waals surface area contributed by atoms with E-state index >= 15 is 0 Å². The Morgan fingerprint density at radius 1 is 0.872 bits per heavy atom. The number of ether oxygens (including phenoxy) is 1. The zero-order valence-electron chi connectivity index (χ0n) is 25.2. The average molecular weight is 536 g/mol. The largest absolute Gasteiger partial charge is 0.497 e. The maximum absolute atomic E-state index is 13.9. The minimum absolute atomic E-state index is 0.0161. The molecular formula is C35H53NO3. The molecule has 1 aromatic carbocycles. The van der Waals surface area contributed by atoms with Crippen LogP contribution in [0.4, 0.5) is 0 Å². The number of benzene rings is 1. The number of amides is 1. The molecule has 1 aromatic rings. The number of hydrogen-bond acceptors (Lipinski definition) is 3. The summed E-state index contributed by atoms with van der Waals surface area (Å²) >= 11 is 0. The minimum Gasteiger partial charge on any atom is -0.497 e. The van der Waals surface area contributed by atoms with E-state index in [9.17, 15) is 9.90 Å². The summed E-state index contributed by atoms with van der Waals surface area (Å²) in [5, 5.41) is 14.3. The molecule has 5 aliphatic carbocycles. The molecule has 4 heteroatoms. The second-order valence-electron chi connectivity index (χ2n) is 15.4. The van der Waals surface area contributed by atoms with Gasteiger partial charge in [0.05, 0.1) is 18.6 Å². The monoisotopic (exact) mass is 535 g/mol. The summed E-state index contributed by atoms with van der Waals surface area (Å²) in [7, 11) is 1.70. The van der Waals surface area contributed by atoms with E-state index in [4.69, 9.17) is 4.74 Å². The molecule has 0 aromatic heterocycles. The van der Waals surface area contributed by atoms with Crippen LogP contribution in [0.15, 0.2) is 24.3 Å². The van der Waals surface area contributed by atoms with Crippen molar-refractivity contribution in [2.24, 2.45) is 51.2 Å². The lowest BCUT2D eigenvalue weighted by molar-refractivity contribution is -0.214. The molecule has 9 unspecified atom stereocenters. The van der Waals surface area contributed by atoms with Crippen LogP contribution in [0.5, 0.6) is 5.75 Å². The maximum atomic E-state index is 13.9. The molecule has 1 amide bonds. The summed E-state index contributed by atoms with van der Waals surface area (Å²) in [5.74, 6) is 4.62. The molecule has 6 rings (SSSR count). The first-order chi connectivity index (χ1) is 18.6. The van der Waals surface area contributed by atoms with Gasteiger partial charge >= 0.3 is 0 Å². The summed E-state index contributed by atoms with van der Waals surface area (Å²) in [6, 6.07) is 8.22. The van der Waals surface area contributed by atoms with Gasteiger partial charge in [-0.3, -0.25) is 4.79 Å². The summed E-state index contributed by atoms with van der Waals surface area (Å²) in [6.07, 6.45) is 13.9. The third kappa shape index (κ3) is 4.12. The number of carbonyl (C=O) groups excluding carboxylic acids is 1.